The number of rotatable bonds is 3. The Kier molecular flexibility index (Phi) is 5.23. The molecule has 1 fully saturated rings. The van der Waals surface area contributed by atoms with Crippen LogP contribution < -0.4 is 0 Å². The minimum atomic E-state index is -0.130. The Labute approximate surface area is 97.5 Å². The molecule has 90 valence electrons. The smallest absolute Gasteiger partial charge is 0.164 e. The van der Waals surface area contributed by atoms with E-state index in [2.05, 4.69) is 4.90 Å². The van der Waals surface area contributed by atoms with Gasteiger partial charge in [0, 0.05) is 19.3 Å². The van der Waals surface area contributed by atoms with E-state index in [0.29, 0.717) is 5.57 Å². The van der Waals surface area contributed by atoms with Gasteiger partial charge in [-0.05, 0) is 26.7 Å². The van der Waals surface area contributed by atoms with Crippen molar-refractivity contribution in [3.8, 4) is 0 Å². The number of carbonyl (C=O) groups excluding carboxylic acids is 2. The van der Waals surface area contributed by atoms with Crippen LogP contribution in [-0.2, 0) is 9.59 Å². The van der Waals surface area contributed by atoms with E-state index >= 15 is 0 Å². The highest BCUT2D eigenvalue weighted by atomic mass is 16.1. The van der Waals surface area contributed by atoms with Crippen LogP contribution in [0.25, 0.3) is 0 Å². The van der Waals surface area contributed by atoms with Crippen LogP contribution in [0.3, 0.4) is 0 Å². The lowest BCUT2D eigenvalue weighted by atomic mass is 10.1. The van der Waals surface area contributed by atoms with E-state index in [-0.39, 0.29) is 11.6 Å². The largest absolute Gasteiger partial charge is 0.377 e. The van der Waals surface area contributed by atoms with Crippen molar-refractivity contribution in [2.75, 3.05) is 13.1 Å². The zero-order valence-electron chi connectivity index (χ0n) is 10.3. The third-order valence-electron chi connectivity index (χ3n) is 2.96. The number of carbonyl (C=O) groups is 2. The van der Waals surface area contributed by atoms with Crippen molar-refractivity contribution in [2.45, 2.75) is 46.0 Å². The fraction of sp³-hybridized carbons (Fsp3) is 0.692. The number of Topliss-reactive ketones (excluding diaryl/α,β-unsaturated/α-hetero) is 2. The summed E-state index contributed by atoms with van der Waals surface area (Å²) in [6.45, 7) is 4.84. The van der Waals surface area contributed by atoms with Crippen LogP contribution in [0.2, 0.25) is 0 Å². The van der Waals surface area contributed by atoms with Gasteiger partial charge in [-0.1, -0.05) is 19.3 Å². The average molecular weight is 223 g/mol. The second-order valence-electron chi connectivity index (χ2n) is 4.46. The fourth-order valence-electron chi connectivity index (χ4n) is 2.01. The maximum Gasteiger partial charge on any atom is 0.164 e. The number of nitrogens with zero attached hydrogens (tertiary/aromatic N) is 1. The van der Waals surface area contributed by atoms with Crippen LogP contribution in [0.1, 0.15) is 46.0 Å². The Hall–Kier alpha value is -1.12. The van der Waals surface area contributed by atoms with Crippen molar-refractivity contribution < 1.29 is 9.59 Å². The first-order valence-electron chi connectivity index (χ1n) is 6.09. The van der Waals surface area contributed by atoms with Gasteiger partial charge < -0.3 is 4.90 Å². The predicted octanol–water partition coefficient (Wildman–Crippen LogP) is 2.31. The molecule has 0 spiro atoms. The Morgan fingerprint density at radius 3 is 1.75 bits per heavy atom. The molecule has 1 heterocycles. The SMILES string of the molecule is CC(=O)C(=CN1CCCCCCC1)C(C)=O. The topological polar surface area (TPSA) is 37.4 Å². The van der Waals surface area contributed by atoms with Crippen LogP contribution in [0.15, 0.2) is 11.8 Å². The Bertz CT molecular complexity index is 270. The quantitative estimate of drug-likeness (QED) is 0.418. The van der Waals surface area contributed by atoms with Gasteiger partial charge in [0.15, 0.2) is 11.6 Å². The van der Waals surface area contributed by atoms with E-state index in [1.807, 2.05) is 0 Å². The van der Waals surface area contributed by atoms with E-state index in [1.165, 1.54) is 33.1 Å². The maximum absolute atomic E-state index is 11.3. The molecule has 1 aliphatic heterocycles. The highest BCUT2D eigenvalue weighted by molar-refractivity contribution is 6.18. The number of allylic oxidation sites excluding steroid dienone is 1. The molecule has 0 radical (unpaired) electrons. The number of likely N-dealkylation sites (tertiary alicyclic amines) is 1. The van der Waals surface area contributed by atoms with Crippen molar-refractivity contribution in [1.29, 1.82) is 0 Å². The summed E-state index contributed by atoms with van der Waals surface area (Å²) in [6.07, 6.45) is 7.87. The molecule has 1 aliphatic rings. The average Bonchev–Trinajstić information content (AvgIpc) is 2.14. The first kappa shape index (κ1) is 12.9. The number of hydrogen-bond donors (Lipinski definition) is 0. The minimum Gasteiger partial charge on any atom is -0.377 e. The summed E-state index contributed by atoms with van der Waals surface area (Å²) in [7, 11) is 0. The molecule has 0 saturated carbocycles. The van der Waals surface area contributed by atoms with Crippen molar-refractivity contribution in [2.24, 2.45) is 0 Å². The monoisotopic (exact) mass is 223 g/mol. The third kappa shape index (κ3) is 4.17. The predicted molar refractivity (Wildman–Crippen MR) is 64.1 cm³/mol. The molecular weight excluding hydrogens is 202 g/mol. The van der Waals surface area contributed by atoms with Crippen molar-refractivity contribution >= 4 is 11.6 Å². The molecule has 16 heavy (non-hydrogen) atoms. The van der Waals surface area contributed by atoms with Gasteiger partial charge >= 0.3 is 0 Å². The lowest BCUT2D eigenvalue weighted by Gasteiger charge is -2.23. The summed E-state index contributed by atoms with van der Waals surface area (Å²) >= 11 is 0. The van der Waals surface area contributed by atoms with E-state index in [1.54, 1.807) is 6.20 Å². The molecule has 3 nitrogen and oxygen atoms in total. The highest BCUT2D eigenvalue weighted by Crippen LogP contribution is 2.12. The second-order valence-corrected chi connectivity index (χ2v) is 4.46. The molecule has 1 rings (SSSR count). The molecule has 0 N–H and O–H groups in total. The van der Waals surface area contributed by atoms with Crippen LogP contribution in [0, 0.1) is 0 Å². The van der Waals surface area contributed by atoms with Crippen LogP contribution in [0.5, 0.6) is 0 Å². The summed E-state index contributed by atoms with van der Waals surface area (Å²) in [4.78, 5) is 24.7. The van der Waals surface area contributed by atoms with Crippen LogP contribution in [-0.4, -0.2) is 29.6 Å². The molecule has 0 bridgehead atoms. The molecule has 0 aromatic carbocycles. The molecule has 1 saturated heterocycles. The molecule has 0 aromatic rings. The van der Waals surface area contributed by atoms with E-state index in [0.717, 1.165) is 25.9 Å². The summed E-state index contributed by atoms with van der Waals surface area (Å²) in [5, 5.41) is 0. The maximum atomic E-state index is 11.3. The first-order chi connectivity index (χ1) is 7.61. The molecule has 0 aliphatic carbocycles. The Balaban J connectivity index is 2.69. The fourth-order valence-corrected chi connectivity index (χ4v) is 2.01. The minimum absolute atomic E-state index is 0.130. The second kappa shape index (κ2) is 6.46. The molecule has 0 atom stereocenters. The standard InChI is InChI=1S/C13H21NO2/c1-11(15)13(12(2)16)10-14-8-6-4-3-5-7-9-14/h10H,3-9H2,1-2H3. The zero-order valence-corrected chi connectivity index (χ0v) is 10.3. The van der Waals surface area contributed by atoms with E-state index in [9.17, 15) is 9.59 Å². The van der Waals surface area contributed by atoms with Crippen molar-refractivity contribution in [3.63, 3.8) is 0 Å². The van der Waals surface area contributed by atoms with Gasteiger partial charge in [-0.25, -0.2) is 0 Å². The van der Waals surface area contributed by atoms with Gasteiger partial charge in [0.2, 0.25) is 0 Å². The lowest BCUT2D eigenvalue weighted by Crippen LogP contribution is -2.24. The van der Waals surface area contributed by atoms with Crippen molar-refractivity contribution in [3.05, 3.63) is 11.8 Å². The van der Waals surface area contributed by atoms with Gasteiger partial charge in [0.05, 0.1) is 5.57 Å². The first-order valence-corrected chi connectivity index (χ1v) is 6.09. The summed E-state index contributed by atoms with van der Waals surface area (Å²) < 4.78 is 0. The van der Waals surface area contributed by atoms with Gasteiger partial charge in [-0.15, -0.1) is 0 Å². The Morgan fingerprint density at radius 2 is 1.31 bits per heavy atom. The highest BCUT2D eigenvalue weighted by Gasteiger charge is 2.12. The Morgan fingerprint density at radius 1 is 0.875 bits per heavy atom. The molecule has 3 heteroatoms. The zero-order chi connectivity index (χ0) is 12.0. The van der Waals surface area contributed by atoms with Gasteiger partial charge in [0.25, 0.3) is 0 Å². The lowest BCUT2D eigenvalue weighted by molar-refractivity contribution is -0.119. The number of hydrogen-bond acceptors (Lipinski definition) is 3. The normalized spacial score (nSPS) is 17.2. The molecule has 0 amide bonds. The number of ketones is 2. The van der Waals surface area contributed by atoms with Crippen LogP contribution in [0.4, 0.5) is 0 Å². The van der Waals surface area contributed by atoms with E-state index < -0.39 is 0 Å². The molecular formula is C13H21NO2. The van der Waals surface area contributed by atoms with E-state index in [4.69, 9.17) is 0 Å². The van der Waals surface area contributed by atoms with Gasteiger partial charge in [-0.3, -0.25) is 9.59 Å². The van der Waals surface area contributed by atoms with Crippen LogP contribution >= 0.6 is 0 Å². The van der Waals surface area contributed by atoms with Crippen molar-refractivity contribution in [1.82, 2.24) is 4.90 Å². The van der Waals surface area contributed by atoms with Gasteiger partial charge in [0.1, 0.15) is 0 Å². The molecule has 0 unspecified atom stereocenters. The summed E-state index contributed by atoms with van der Waals surface area (Å²) in [5.74, 6) is -0.260. The summed E-state index contributed by atoms with van der Waals surface area (Å²) in [5.41, 5.74) is 0.334. The molecule has 0 aromatic heterocycles. The third-order valence-corrected chi connectivity index (χ3v) is 2.96. The summed E-state index contributed by atoms with van der Waals surface area (Å²) in [6, 6.07) is 0. The van der Waals surface area contributed by atoms with Gasteiger partial charge in [-0.2, -0.15) is 0 Å².